The molecule has 4 nitrogen and oxygen atoms in total. The number of ether oxygens (including phenoxy) is 2. The molecule has 0 atom stereocenters. The number of hydrogen-bond acceptors (Lipinski definition) is 3. The predicted octanol–water partition coefficient (Wildman–Crippen LogP) is 2.86. The largest absolute Gasteiger partial charge is 0.496 e. The number of halogens is 2. The first-order valence-corrected chi connectivity index (χ1v) is 5.90. The molecule has 16 heavy (non-hydrogen) atoms. The molecule has 1 aromatic carbocycles. The molecular weight excluding hydrogens is 344 g/mol. The highest BCUT2D eigenvalue weighted by molar-refractivity contribution is 9.11. The minimum absolute atomic E-state index is 0.132. The van der Waals surface area contributed by atoms with Crippen molar-refractivity contribution in [3.8, 4) is 11.5 Å². The van der Waals surface area contributed by atoms with Crippen LogP contribution in [0, 0.1) is 0 Å². The summed E-state index contributed by atoms with van der Waals surface area (Å²) in [5.41, 5.74) is 0.551. The monoisotopic (exact) mass is 352 g/mol. The Balaban J connectivity index is 3.37. The molecule has 6 heteroatoms. The van der Waals surface area contributed by atoms with Gasteiger partial charge in [0.25, 0.3) is 0 Å². The molecule has 0 spiro atoms. The molecule has 1 aromatic rings. The van der Waals surface area contributed by atoms with Crippen molar-refractivity contribution in [2.45, 2.75) is 6.42 Å². The normalized spacial score (nSPS) is 10.0. The maximum atomic E-state index is 10.7. The summed E-state index contributed by atoms with van der Waals surface area (Å²) in [7, 11) is 3.01. The van der Waals surface area contributed by atoms with E-state index in [1.807, 2.05) is 0 Å². The predicted molar refractivity (Wildman–Crippen MR) is 66.3 cm³/mol. The van der Waals surface area contributed by atoms with Crippen LogP contribution >= 0.6 is 31.9 Å². The Morgan fingerprint density at radius 2 is 2.00 bits per heavy atom. The van der Waals surface area contributed by atoms with Crippen LogP contribution in [0.25, 0.3) is 0 Å². The van der Waals surface area contributed by atoms with Crippen molar-refractivity contribution in [3.63, 3.8) is 0 Å². The fraction of sp³-hybridized carbons (Fsp3) is 0.300. The van der Waals surface area contributed by atoms with Gasteiger partial charge in [-0.3, -0.25) is 4.79 Å². The van der Waals surface area contributed by atoms with Crippen LogP contribution in [0.15, 0.2) is 15.0 Å². The second-order valence-electron chi connectivity index (χ2n) is 2.96. The van der Waals surface area contributed by atoms with Crippen molar-refractivity contribution in [1.82, 2.24) is 0 Å². The molecule has 0 heterocycles. The van der Waals surface area contributed by atoms with Crippen LogP contribution in [-0.4, -0.2) is 25.3 Å². The maximum Gasteiger partial charge on any atom is 0.308 e. The Bertz CT molecular complexity index is 418. The SMILES string of the molecule is COc1cc(Br)c(OC)c(Br)c1CC(=O)O. The molecule has 0 amide bonds. The number of rotatable bonds is 4. The third kappa shape index (κ3) is 2.68. The first-order valence-electron chi connectivity index (χ1n) is 4.31. The first-order chi connectivity index (χ1) is 7.51. The highest BCUT2D eigenvalue weighted by Crippen LogP contribution is 2.41. The van der Waals surface area contributed by atoms with Crippen molar-refractivity contribution in [3.05, 3.63) is 20.6 Å². The van der Waals surface area contributed by atoms with Gasteiger partial charge in [0.15, 0.2) is 0 Å². The van der Waals surface area contributed by atoms with E-state index in [0.29, 0.717) is 26.0 Å². The number of carboxylic acid groups (broad SMARTS) is 1. The van der Waals surface area contributed by atoms with Gasteiger partial charge in [-0.2, -0.15) is 0 Å². The number of aliphatic carboxylic acids is 1. The summed E-state index contributed by atoms with van der Waals surface area (Å²) in [4.78, 5) is 10.7. The van der Waals surface area contributed by atoms with Gasteiger partial charge in [0.05, 0.1) is 29.6 Å². The van der Waals surface area contributed by atoms with Gasteiger partial charge in [-0.15, -0.1) is 0 Å². The second kappa shape index (κ2) is 5.54. The van der Waals surface area contributed by atoms with E-state index in [1.54, 1.807) is 6.07 Å². The molecular formula is C10H10Br2O4. The minimum Gasteiger partial charge on any atom is -0.496 e. The summed E-state index contributed by atoms with van der Waals surface area (Å²) >= 11 is 6.63. The number of hydrogen-bond donors (Lipinski definition) is 1. The van der Waals surface area contributed by atoms with Crippen molar-refractivity contribution < 1.29 is 19.4 Å². The van der Waals surface area contributed by atoms with E-state index in [4.69, 9.17) is 14.6 Å². The Morgan fingerprint density at radius 3 is 2.44 bits per heavy atom. The summed E-state index contributed by atoms with van der Waals surface area (Å²) in [6, 6.07) is 1.68. The van der Waals surface area contributed by atoms with Crippen molar-refractivity contribution in [2.75, 3.05) is 14.2 Å². The Labute approximate surface area is 110 Å². The van der Waals surface area contributed by atoms with Gasteiger partial charge in [0, 0.05) is 5.56 Å². The molecule has 0 aliphatic rings. The smallest absolute Gasteiger partial charge is 0.308 e. The molecule has 0 unspecified atom stereocenters. The highest BCUT2D eigenvalue weighted by Gasteiger charge is 2.18. The second-order valence-corrected chi connectivity index (χ2v) is 4.60. The molecule has 1 rings (SSSR count). The summed E-state index contributed by atoms with van der Waals surface area (Å²) < 4.78 is 11.6. The lowest BCUT2D eigenvalue weighted by Crippen LogP contribution is -2.04. The summed E-state index contributed by atoms with van der Waals surface area (Å²) in [6.07, 6.45) is -0.132. The minimum atomic E-state index is -0.927. The average molecular weight is 354 g/mol. The van der Waals surface area contributed by atoms with Crippen LogP contribution < -0.4 is 9.47 Å². The van der Waals surface area contributed by atoms with Crippen LogP contribution in [0.4, 0.5) is 0 Å². The van der Waals surface area contributed by atoms with Crippen LogP contribution in [0.3, 0.4) is 0 Å². The van der Waals surface area contributed by atoms with Crippen LogP contribution in [-0.2, 0) is 11.2 Å². The van der Waals surface area contributed by atoms with Gasteiger partial charge in [-0.1, -0.05) is 0 Å². The molecule has 0 aromatic heterocycles. The lowest BCUT2D eigenvalue weighted by Gasteiger charge is -2.14. The summed E-state index contributed by atoms with van der Waals surface area (Å²) in [5, 5.41) is 8.82. The van der Waals surface area contributed by atoms with Crippen molar-refractivity contribution in [1.29, 1.82) is 0 Å². The molecule has 0 aliphatic carbocycles. The zero-order valence-corrected chi connectivity index (χ0v) is 11.9. The fourth-order valence-corrected chi connectivity index (χ4v) is 2.85. The summed E-state index contributed by atoms with van der Waals surface area (Å²) in [5.74, 6) is 0.127. The van der Waals surface area contributed by atoms with Gasteiger partial charge in [0.2, 0.25) is 0 Å². The van der Waals surface area contributed by atoms with E-state index < -0.39 is 5.97 Å². The van der Waals surface area contributed by atoms with Gasteiger partial charge >= 0.3 is 5.97 Å². The molecule has 1 N–H and O–H groups in total. The van der Waals surface area contributed by atoms with E-state index in [-0.39, 0.29) is 6.42 Å². The topological polar surface area (TPSA) is 55.8 Å². The lowest BCUT2D eigenvalue weighted by molar-refractivity contribution is -0.136. The molecule has 0 saturated heterocycles. The summed E-state index contributed by atoms with van der Waals surface area (Å²) in [6.45, 7) is 0. The number of benzene rings is 1. The van der Waals surface area contributed by atoms with E-state index in [9.17, 15) is 4.79 Å². The van der Waals surface area contributed by atoms with Crippen LogP contribution in [0.1, 0.15) is 5.56 Å². The quantitative estimate of drug-likeness (QED) is 0.904. The highest BCUT2D eigenvalue weighted by atomic mass is 79.9. The maximum absolute atomic E-state index is 10.7. The average Bonchev–Trinajstić information content (AvgIpc) is 2.22. The Morgan fingerprint density at radius 1 is 1.38 bits per heavy atom. The van der Waals surface area contributed by atoms with E-state index in [2.05, 4.69) is 31.9 Å². The van der Waals surface area contributed by atoms with E-state index >= 15 is 0 Å². The van der Waals surface area contributed by atoms with E-state index in [0.717, 1.165) is 0 Å². The van der Waals surface area contributed by atoms with Gasteiger partial charge in [0.1, 0.15) is 11.5 Å². The molecule has 0 aliphatic heterocycles. The van der Waals surface area contributed by atoms with Gasteiger partial charge in [-0.25, -0.2) is 0 Å². The number of methoxy groups -OCH3 is 2. The van der Waals surface area contributed by atoms with Gasteiger partial charge in [-0.05, 0) is 37.9 Å². The zero-order chi connectivity index (χ0) is 12.3. The number of carboxylic acids is 1. The number of carbonyl (C=O) groups is 1. The molecule has 88 valence electrons. The first kappa shape index (κ1) is 13.3. The van der Waals surface area contributed by atoms with Gasteiger partial charge < -0.3 is 14.6 Å². The zero-order valence-electron chi connectivity index (χ0n) is 8.71. The fourth-order valence-electron chi connectivity index (χ4n) is 1.30. The van der Waals surface area contributed by atoms with Crippen LogP contribution in [0.2, 0.25) is 0 Å². The Kier molecular flexibility index (Phi) is 4.61. The van der Waals surface area contributed by atoms with E-state index in [1.165, 1.54) is 14.2 Å². The molecule has 0 bridgehead atoms. The third-order valence-corrected chi connectivity index (χ3v) is 3.42. The molecule has 0 saturated carbocycles. The molecule has 0 fully saturated rings. The Hall–Kier alpha value is -0.750. The standard InChI is InChI=1S/C10H10Br2O4/c1-15-7-4-6(11)10(16-2)9(12)5(7)3-8(13)14/h4H,3H2,1-2H3,(H,13,14). The van der Waals surface area contributed by atoms with Crippen molar-refractivity contribution >= 4 is 37.8 Å². The molecule has 0 radical (unpaired) electrons. The third-order valence-electron chi connectivity index (χ3n) is 1.99. The lowest BCUT2D eigenvalue weighted by atomic mass is 10.1. The van der Waals surface area contributed by atoms with Crippen molar-refractivity contribution in [2.24, 2.45) is 0 Å². The van der Waals surface area contributed by atoms with Crippen LogP contribution in [0.5, 0.6) is 11.5 Å².